The van der Waals surface area contributed by atoms with Crippen molar-refractivity contribution in [3.05, 3.63) is 207 Å². The minimum atomic E-state index is -4.67. The molecule has 0 fully saturated rings. The van der Waals surface area contributed by atoms with Gasteiger partial charge in [0, 0.05) is 12.8 Å². The van der Waals surface area contributed by atoms with E-state index >= 15 is 0 Å². The number of ether oxygens (including phenoxy) is 2. The van der Waals surface area contributed by atoms with E-state index in [0.29, 0.717) is 30.3 Å². The number of unbranched alkanes of at least 4 members (excludes halogenated alkanes) is 11. The number of allylic oxidation sites excluding steroid dienone is 34. The second-order valence-corrected chi connectivity index (χ2v) is 24.1. The van der Waals surface area contributed by atoms with Crippen LogP contribution in [0.3, 0.4) is 0 Å². The summed E-state index contributed by atoms with van der Waals surface area (Å²) in [6, 6.07) is 0. The number of phosphoric ester groups is 1. The van der Waals surface area contributed by atoms with Crippen molar-refractivity contribution in [3.63, 3.8) is 0 Å². The maximum Gasteiger partial charge on any atom is 0.306 e. The molecule has 0 N–H and O–H groups in total. The van der Waals surface area contributed by atoms with Crippen LogP contribution in [0.1, 0.15) is 219 Å². The van der Waals surface area contributed by atoms with Gasteiger partial charge in [-0.25, -0.2) is 0 Å². The second-order valence-electron chi connectivity index (χ2n) is 22.7. The van der Waals surface area contributed by atoms with E-state index in [1.165, 1.54) is 38.5 Å². The lowest BCUT2D eigenvalue weighted by Gasteiger charge is -2.28. The van der Waals surface area contributed by atoms with E-state index in [2.05, 4.69) is 220 Å². The van der Waals surface area contributed by atoms with Crippen molar-refractivity contribution in [3.8, 4) is 0 Å². The van der Waals surface area contributed by atoms with Crippen molar-refractivity contribution in [1.82, 2.24) is 0 Å². The lowest BCUT2D eigenvalue weighted by molar-refractivity contribution is -0.870. The summed E-state index contributed by atoms with van der Waals surface area (Å²) >= 11 is 0. The molecule has 0 radical (unpaired) electrons. The Morgan fingerprint density at radius 1 is 0.352 bits per heavy atom. The van der Waals surface area contributed by atoms with Crippen LogP contribution in [0.25, 0.3) is 0 Å². The normalized spacial score (nSPS) is 14.5. The highest BCUT2D eigenvalue weighted by Crippen LogP contribution is 2.38. The molecule has 0 heterocycles. The van der Waals surface area contributed by atoms with Gasteiger partial charge in [0.05, 0.1) is 27.7 Å². The summed E-state index contributed by atoms with van der Waals surface area (Å²) in [6.07, 6.45) is 105. The van der Waals surface area contributed by atoms with Crippen LogP contribution in [-0.2, 0) is 32.7 Å². The number of nitrogens with zero attached hydrogens (tertiary/aromatic N) is 1. The molecule has 0 aliphatic heterocycles. The lowest BCUT2D eigenvalue weighted by atomic mass is 10.0. The number of carbonyl (C=O) groups is 2. The van der Waals surface area contributed by atoms with Crippen molar-refractivity contribution in [2.24, 2.45) is 0 Å². The molecule has 0 aromatic heterocycles. The fraction of sp³-hybridized carbons (Fsp3) is 0.538. The molecule has 492 valence electrons. The van der Waals surface area contributed by atoms with Crippen molar-refractivity contribution in [1.29, 1.82) is 0 Å². The average Bonchev–Trinajstić information content (AvgIpc) is 3.58. The maximum atomic E-state index is 12.8. The summed E-state index contributed by atoms with van der Waals surface area (Å²) in [5.74, 6) is -0.924. The molecule has 0 aliphatic rings. The zero-order valence-corrected chi connectivity index (χ0v) is 56.7. The molecular weight excluding hydrogens is 1110 g/mol. The summed E-state index contributed by atoms with van der Waals surface area (Å²) in [7, 11) is 1.10. The fourth-order valence-electron chi connectivity index (χ4n) is 8.20. The van der Waals surface area contributed by atoms with E-state index in [1.807, 2.05) is 21.1 Å². The van der Waals surface area contributed by atoms with Crippen LogP contribution < -0.4 is 4.89 Å². The first-order valence-electron chi connectivity index (χ1n) is 33.8. The highest BCUT2D eigenvalue weighted by molar-refractivity contribution is 7.45. The highest BCUT2D eigenvalue weighted by Gasteiger charge is 2.22. The third kappa shape index (κ3) is 69.7. The number of esters is 2. The number of hydrogen-bond acceptors (Lipinski definition) is 8. The predicted molar refractivity (Wildman–Crippen MR) is 378 cm³/mol. The Kier molecular flexibility index (Phi) is 62.0. The zero-order valence-electron chi connectivity index (χ0n) is 55.8. The Hall–Kier alpha value is -5.41. The molecule has 0 saturated carbocycles. The molecule has 0 spiro atoms. The molecule has 0 saturated heterocycles. The van der Waals surface area contributed by atoms with E-state index in [1.54, 1.807) is 0 Å². The minimum Gasteiger partial charge on any atom is -0.756 e. The third-order valence-electron chi connectivity index (χ3n) is 13.3. The smallest absolute Gasteiger partial charge is 0.306 e. The Bertz CT molecular complexity index is 2240. The van der Waals surface area contributed by atoms with Gasteiger partial charge in [-0.3, -0.25) is 14.2 Å². The molecule has 0 amide bonds. The van der Waals surface area contributed by atoms with Gasteiger partial charge >= 0.3 is 11.9 Å². The van der Waals surface area contributed by atoms with E-state index in [-0.39, 0.29) is 26.1 Å². The van der Waals surface area contributed by atoms with Gasteiger partial charge in [-0.15, -0.1) is 0 Å². The summed E-state index contributed by atoms with van der Waals surface area (Å²) < 4.78 is 34.2. The Morgan fingerprint density at radius 2 is 0.625 bits per heavy atom. The van der Waals surface area contributed by atoms with E-state index in [0.717, 1.165) is 135 Å². The molecule has 2 unspecified atom stereocenters. The third-order valence-corrected chi connectivity index (χ3v) is 14.3. The molecule has 0 aromatic rings. The van der Waals surface area contributed by atoms with Crippen LogP contribution >= 0.6 is 7.82 Å². The Balaban J connectivity index is 4.20. The van der Waals surface area contributed by atoms with E-state index < -0.39 is 32.5 Å². The van der Waals surface area contributed by atoms with Gasteiger partial charge < -0.3 is 27.9 Å². The highest BCUT2D eigenvalue weighted by atomic mass is 31.2. The zero-order chi connectivity index (χ0) is 64.1. The minimum absolute atomic E-state index is 0.0523. The van der Waals surface area contributed by atoms with Gasteiger partial charge in [0.1, 0.15) is 19.8 Å². The lowest BCUT2D eigenvalue weighted by Crippen LogP contribution is -2.37. The second kappa shape index (κ2) is 66.0. The van der Waals surface area contributed by atoms with Crippen LogP contribution in [0.4, 0.5) is 0 Å². The van der Waals surface area contributed by atoms with Crippen LogP contribution in [0, 0.1) is 0 Å². The summed E-state index contributed by atoms with van der Waals surface area (Å²) in [5, 5.41) is 0. The topological polar surface area (TPSA) is 111 Å². The first kappa shape index (κ1) is 82.6. The van der Waals surface area contributed by atoms with Gasteiger partial charge in [0.25, 0.3) is 7.82 Å². The first-order valence-corrected chi connectivity index (χ1v) is 35.3. The number of carbonyl (C=O) groups excluding carboxylic acids is 2. The fourth-order valence-corrected chi connectivity index (χ4v) is 8.93. The molecule has 0 bridgehead atoms. The predicted octanol–water partition coefficient (Wildman–Crippen LogP) is 21.6. The average molecular weight is 1230 g/mol. The van der Waals surface area contributed by atoms with Gasteiger partial charge in [-0.1, -0.05) is 272 Å². The van der Waals surface area contributed by atoms with Crippen LogP contribution in [-0.4, -0.2) is 70.0 Å². The van der Waals surface area contributed by atoms with Gasteiger partial charge in [0.2, 0.25) is 0 Å². The van der Waals surface area contributed by atoms with E-state index in [9.17, 15) is 19.0 Å². The van der Waals surface area contributed by atoms with Gasteiger partial charge in [0.15, 0.2) is 6.10 Å². The molecule has 0 aromatic carbocycles. The largest absolute Gasteiger partial charge is 0.756 e. The Morgan fingerprint density at radius 3 is 0.943 bits per heavy atom. The molecule has 2 atom stereocenters. The van der Waals surface area contributed by atoms with Gasteiger partial charge in [-0.05, 0) is 141 Å². The summed E-state index contributed by atoms with van der Waals surface area (Å²) in [5.41, 5.74) is 0. The Labute approximate surface area is 538 Å². The number of hydrogen-bond donors (Lipinski definition) is 0. The SMILES string of the molecule is CC/C=C\C/C=C\C/C=C\C/C=C\C/C=C\C/C=C\C/C=C\C/C=C\C/C=C\C/C=C\CCCCCCCCCCCCC(=O)OC(COC(=O)CCC/C=C\C/C=C\C/C=C\C/C=C\C/C=C\C/C=C\C/C=C\CC)COP(=O)([O-])OCC[N+](C)(C)C. The number of rotatable bonds is 59. The van der Waals surface area contributed by atoms with Crippen LogP contribution in [0.15, 0.2) is 207 Å². The number of likely N-dealkylation sites (N-methyl/N-ethyl adjacent to an activating group) is 1. The van der Waals surface area contributed by atoms with Crippen molar-refractivity contribution < 1.29 is 42.1 Å². The first-order chi connectivity index (χ1) is 43.0. The van der Waals surface area contributed by atoms with E-state index in [4.69, 9.17) is 18.5 Å². The number of quaternary nitrogens is 1. The van der Waals surface area contributed by atoms with Crippen molar-refractivity contribution in [2.45, 2.75) is 225 Å². The molecule has 10 heteroatoms. The van der Waals surface area contributed by atoms with Crippen molar-refractivity contribution in [2.75, 3.05) is 47.5 Å². The molecule has 0 aliphatic carbocycles. The maximum absolute atomic E-state index is 12.8. The quantitative estimate of drug-likeness (QED) is 0.0195. The van der Waals surface area contributed by atoms with Crippen LogP contribution in [0.5, 0.6) is 0 Å². The van der Waals surface area contributed by atoms with Gasteiger partial charge in [-0.2, -0.15) is 0 Å². The van der Waals surface area contributed by atoms with Crippen molar-refractivity contribution >= 4 is 19.8 Å². The molecular formula is C78H122NO8P. The summed E-state index contributed by atoms with van der Waals surface area (Å²) in [4.78, 5) is 38.0. The summed E-state index contributed by atoms with van der Waals surface area (Å²) in [6.45, 7) is 3.91. The molecule has 9 nitrogen and oxygen atoms in total. The van der Waals surface area contributed by atoms with Crippen LogP contribution in [0.2, 0.25) is 0 Å². The number of phosphoric acid groups is 1. The molecule has 0 rings (SSSR count). The standard InChI is InChI=1S/C78H122NO8P/c1-6-8-10-12-14-16-18-20-22-24-26-28-30-31-32-33-34-35-36-37-38-39-40-41-42-43-44-45-46-47-49-51-53-55-57-59-61-63-65-67-69-71-78(81)87-76(75-86-88(82,83)85-73-72-79(3,4)5)74-84-77(80)70-68-66-64-62-60-58-56-54-52-50-48-29-27-25-23-21-19-17-15-13-11-9-7-2/h8-11,14-17,20-23,26-29,31-32,34-35,37-38,40-41,43-44,46-47,50,52,56,58,62,64,76H,6-7,12-13,18-19,24-25,30,33,36,39,42,45,48-49,51,53-55,57,59-61,63,65-75H2,1-5H3/b10-8-,11-9-,16-14-,17-15-,22-20-,23-21-,28-26-,29-27-,32-31-,35-34-,38-37-,41-40-,44-43-,47-46-,52-50-,58-56-,64-62-. The molecule has 88 heavy (non-hydrogen) atoms. The monoisotopic (exact) mass is 1230 g/mol.